The molecule has 0 atom stereocenters. The van der Waals surface area contributed by atoms with Gasteiger partial charge in [-0.05, 0) is 48.5 Å². The monoisotopic (exact) mass is 922 g/mol. The summed E-state index contributed by atoms with van der Waals surface area (Å²) in [6, 6.07) is 25.7. The van der Waals surface area contributed by atoms with Crippen LogP contribution in [0.25, 0.3) is 45.0 Å². The molecule has 0 saturated heterocycles. The van der Waals surface area contributed by atoms with Gasteiger partial charge in [-0.15, -0.1) is 0 Å². The van der Waals surface area contributed by atoms with Crippen LogP contribution in [0.15, 0.2) is 121 Å². The highest BCUT2D eigenvalue weighted by molar-refractivity contribution is 5.93. The second kappa shape index (κ2) is 19.1. The van der Waals surface area contributed by atoms with E-state index in [4.69, 9.17) is 0 Å². The van der Waals surface area contributed by atoms with E-state index in [0.29, 0.717) is 22.3 Å². The average Bonchev–Trinajstić information content (AvgIpc) is 3.31. The molecule has 0 aliphatic rings. The van der Waals surface area contributed by atoms with Crippen LogP contribution in [0.3, 0.4) is 0 Å². The molecule has 26 heteroatoms. The van der Waals surface area contributed by atoms with Crippen molar-refractivity contribution in [3.63, 3.8) is 0 Å². The Balaban J connectivity index is 1.23. The summed E-state index contributed by atoms with van der Waals surface area (Å²) in [5, 5.41) is 73.5. The van der Waals surface area contributed by atoms with Crippen molar-refractivity contribution in [2.75, 3.05) is 10.6 Å². The molecule has 0 bridgehead atoms. The zero-order valence-corrected chi connectivity index (χ0v) is 34.1. The van der Waals surface area contributed by atoms with E-state index in [1.807, 2.05) is 0 Å². The molecule has 2 amide bonds. The third-order valence-electron chi connectivity index (χ3n) is 9.83. The Labute approximate surface area is 377 Å². The Kier molecular flexibility index (Phi) is 12.8. The summed E-state index contributed by atoms with van der Waals surface area (Å²) in [7, 11) is 0. The number of benzene rings is 5. The molecule has 338 valence electrons. The summed E-state index contributed by atoms with van der Waals surface area (Å²) in [6.07, 6.45) is -1.21. The summed E-state index contributed by atoms with van der Waals surface area (Å²) in [6.45, 7) is 0. The van der Waals surface area contributed by atoms with Crippen molar-refractivity contribution in [2.45, 2.75) is 12.8 Å². The Hall–Kier alpha value is -10.4. The Morgan fingerprint density at radius 2 is 0.632 bits per heavy atom. The van der Waals surface area contributed by atoms with E-state index in [0.717, 1.165) is 36.4 Å². The van der Waals surface area contributed by atoms with Crippen LogP contribution in [-0.4, -0.2) is 61.3 Å². The number of carbonyl (C=O) groups is 2. The predicted molar refractivity (Wildman–Crippen MR) is 237 cm³/mol. The SMILES string of the molecule is O=C(Cc1ccc([N+](=O)[O-])cc1[N+](=O)[O-])Nc1nc(-c2ccc(-c3cc(-c4ccc([N+](=O)[O-])cc4)nc(NC(=O)Cc4ccc([N+](=O)[O-])cc4[N+](=O)[O-])n3)cc2)cc(-c2ccc([N+](=O)[O-])cc2)n1. The molecule has 7 rings (SSSR count). The standard InChI is InChI=1S/C42H26N12O14/c55-39(17-27-9-15-31(51(61)62)19-37(27)53(65)66)47-41-43-33(21-35(45-41)25-5-11-29(12-6-25)49(57)58)23-1-2-24(4-3-23)34-22-36(26-7-13-30(14-8-26)50(59)60)46-42(44-34)48-40(56)18-28-10-16-32(52(63)64)20-38(28)54(67)68/h1-16,19-22H,17-18H2,(H,43,45,47,55)(H,44,46,48,56). The quantitative estimate of drug-likeness (QED) is 0.0690. The summed E-state index contributed by atoms with van der Waals surface area (Å²) in [5.41, 5.74) is -0.777. The molecule has 0 spiro atoms. The zero-order chi connectivity index (χ0) is 48.8. The highest BCUT2D eigenvalue weighted by Crippen LogP contribution is 2.32. The first-order chi connectivity index (χ1) is 32.4. The van der Waals surface area contributed by atoms with Crippen molar-refractivity contribution < 1.29 is 39.1 Å². The predicted octanol–water partition coefficient (Wildman–Crippen LogP) is 7.75. The first kappa shape index (κ1) is 45.6. The molecule has 2 N–H and O–H groups in total. The van der Waals surface area contributed by atoms with Crippen LogP contribution in [0.4, 0.5) is 46.0 Å². The lowest BCUT2D eigenvalue weighted by atomic mass is 10.0. The van der Waals surface area contributed by atoms with Crippen LogP contribution in [-0.2, 0) is 22.4 Å². The number of nitro benzene ring substituents is 6. The number of hydrogen-bond donors (Lipinski definition) is 2. The number of nitro groups is 6. The highest BCUT2D eigenvalue weighted by Gasteiger charge is 2.24. The highest BCUT2D eigenvalue weighted by atomic mass is 16.6. The van der Waals surface area contributed by atoms with E-state index < -0.39 is 76.9 Å². The Morgan fingerprint density at radius 1 is 0.368 bits per heavy atom. The first-order valence-electron chi connectivity index (χ1n) is 19.2. The minimum Gasteiger partial charge on any atom is -0.294 e. The fourth-order valence-corrected chi connectivity index (χ4v) is 6.57. The number of non-ortho nitro benzene ring substituents is 4. The van der Waals surface area contributed by atoms with Crippen molar-refractivity contribution in [3.8, 4) is 45.0 Å². The Morgan fingerprint density at radius 3 is 0.897 bits per heavy atom. The van der Waals surface area contributed by atoms with Gasteiger partial charge in [-0.25, -0.2) is 19.9 Å². The largest absolute Gasteiger partial charge is 0.294 e. The molecule has 7 aromatic rings. The molecular weight excluding hydrogens is 897 g/mol. The number of amides is 2. The van der Waals surface area contributed by atoms with Crippen molar-refractivity contribution in [1.29, 1.82) is 0 Å². The topological polar surface area (TPSA) is 369 Å². The van der Waals surface area contributed by atoms with Crippen molar-refractivity contribution in [2.24, 2.45) is 0 Å². The fraction of sp³-hybridized carbons (Fsp3) is 0.0476. The lowest BCUT2D eigenvalue weighted by molar-refractivity contribution is -0.394. The number of nitrogens with one attached hydrogen (secondary N) is 2. The molecule has 0 radical (unpaired) electrons. The van der Waals surface area contributed by atoms with Gasteiger partial charge in [-0.1, -0.05) is 24.3 Å². The lowest BCUT2D eigenvalue weighted by Crippen LogP contribution is -2.17. The maximum Gasteiger partial charge on any atom is 0.279 e. The van der Waals surface area contributed by atoms with E-state index >= 15 is 0 Å². The molecule has 2 heterocycles. The molecular formula is C42H26N12O14. The fourth-order valence-electron chi connectivity index (χ4n) is 6.57. The van der Waals surface area contributed by atoms with Gasteiger partial charge >= 0.3 is 0 Å². The van der Waals surface area contributed by atoms with Gasteiger partial charge in [-0.2, -0.15) is 0 Å². The van der Waals surface area contributed by atoms with E-state index in [-0.39, 0.29) is 57.2 Å². The van der Waals surface area contributed by atoms with Crippen LogP contribution in [0.1, 0.15) is 11.1 Å². The van der Waals surface area contributed by atoms with Crippen LogP contribution in [0, 0.1) is 60.7 Å². The summed E-state index contributed by atoms with van der Waals surface area (Å²) < 4.78 is 0. The van der Waals surface area contributed by atoms with Gasteiger partial charge in [-0.3, -0.25) is 80.9 Å². The maximum absolute atomic E-state index is 13.3. The van der Waals surface area contributed by atoms with Crippen molar-refractivity contribution in [1.82, 2.24) is 19.9 Å². The van der Waals surface area contributed by atoms with Crippen LogP contribution in [0.2, 0.25) is 0 Å². The minimum atomic E-state index is -0.863. The number of nitrogens with zero attached hydrogens (tertiary/aromatic N) is 10. The molecule has 26 nitrogen and oxygen atoms in total. The number of anilines is 2. The van der Waals surface area contributed by atoms with E-state index in [1.54, 1.807) is 24.3 Å². The number of hydrogen-bond acceptors (Lipinski definition) is 18. The summed E-state index contributed by atoms with van der Waals surface area (Å²) >= 11 is 0. The van der Waals surface area contributed by atoms with Crippen LogP contribution in [0.5, 0.6) is 0 Å². The molecule has 0 aliphatic heterocycles. The second-order valence-corrected chi connectivity index (χ2v) is 14.2. The zero-order valence-electron chi connectivity index (χ0n) is 34.1. The van der Waals surface area contributed by atoms with Gasteiger partial charge in [0.2, 0.25) is 23.7 Å². The Bertz CT molecular complexity index is 3030. The molecule has 0 saturated carbocycles. The van der Waals surface area contributed by atoms with Gasteiger partial charge in [0, 0.05) is 69.8 Å². The van der Waals surface area contributed by atoms with Crippen LogP contribution < -0.4 is 10.6 Å². The van der Waals surface area contributed by atoms with Gasteiger partial charge in [0.25, 0.3) is 34.1 Å². The molecule has 5 aromatic carbocycles. The molecule has 68 heavy (non-hydrogen) atoms. The van der Waals surface area contributed by atoms with E-state index in [9.17, 15) is 70.3 Å². The molecule has 0 fully saturated rings. The number of carbonyl (C=O) groups excluding carboxylic acids is 2. The number of aromatic nitrogens is 4. The normalized spacial score (nSPS) is 10.7. The van der Waals surface area contributed by atoms with Gasteiger partial charge < -0.3 is 0 Å². The van der Waals surface area contributed by atoms with Crippen molar-refractivity contribution >= 4 is 57.8 Å². The lowest BCUT2D eigenvalue weighted by Gasteiger charge is -2.12. The van der Waals surface area contributed by atoms with Gasteiger partial charge in [0.15, 0.2) is 0 Å². The first-order valence-corrected chi connectivity index (χ1v) is 19.2. The molecule has 2 aromatic heterocycles. The van der Waals surface area contributed by atoms with E-state index in [2.05, 4.69) is 30.6 Å². The maximum atomic E-state index is 13.3. The smallest absolute Gasteiger partial charge is 0.279 e. The minimum absolute atomic E-state index is 0.141. The second-order valence-electron chi connectivity index (χ2n) is 14.2. The third kappa shape index (κ3) is 10.5. The van der Waals surface area contributed by atoms with Gasteiger partial charge in [0.05, 0.1) is 77.3 Å². The molecule has 0 aliphatic carbocycles. The van der Waals surface area contributed by atoms with Gasteiger partial charge in [0.1, 0.15) is 0 Å². The average molecular weight is 923 g/mol. The number of rotatable bonds is 16. The van der Waals surface area contributed by atoms with E-state index in [1.165, 1.54) is 60.7 Å². The summed E-state index contributed by atoms with van der Waals surface area (Å²) in [5.74, 6) is -2.22. The summed E-state index contributed by atoms with van der Waals surface area (Å²) in [4.78, 5) is 108. The third-order valence-corrected chi connectivity index (χ3v) is 9.83. The van der Waals surface area contributed by atoms with Crippen molar-refractivity contribution in [3.05, 3.63) is 193 Å². The van der Waals surface area contributed by atoms with Crippen LogP contribution >= 0.6 is 0 Å². The molecule has 0 unspecified atom stereocenters.